The molecule has 21 heavy (non-hydrogen) atoms. The first kappa shape index (κ1) is 16.2. The summed E-state index contributed by atoms with van der Waals surface area (Å²) in [5, 5.41) is 3.40. The number of halogens is 1. The summed E-state index contributed by atoms with van der Waals surface area (Å²) < 4.78 is 5.38. The summed E-state index contributed by atoms with van der Waals surface area (Å²) in [6, 6.07) is 3.46. The smallest absolute Gasteiger partial charge is 0.251 e. The van der Waals surface area contributed by atoms with E-state index in [9.17, 15) is 4.79 Å². The number of carbonyl (C=O) groups excluding carboxylic acids is 1. The molecule has 0 aromatic carbocycles. The molecule has 2 rings (SSSR count). The zero-order valence-electron chi connectivity index (χ0n) is 12.7. The number of rotatable bonds is 5. The molecule has 0 atom stereocenters. The molecule has 0 unspecified atom stereocenters. The lowest BCUT2D eigenvalue weighted by molar-refractivity contribution is 0.0238. The number of hydrogen-bond donors (Lipinski definition) is 1. The predicted octanol–water partition coefficient (Wildman–Crippen LogP) is 3.23. The fourth-order valence-electron chi connectivity index (χ4n) is 2.50. The number of amides is 1. The Kier molecular flexibility index (Phi) is 5.59. The van der Waals surface area contributed by atoms with E-state index in [1.54, 1.807) is 6.07 Å². The molecule has 1 saturated heterocycles. The van der Waals surface area contributed by atoms with E-state index >= 15 is 0 Å². The van der Waals surface area contributed by atoms with Crippen molar-refractivity contribution >= 4 is 17.5 Å². The Morgan fingerprint density at radius 1 is 1.43 bits per heavy atom. The van der Waals surface area contributed by atoms with Crippen molar-refractivity contribution in [1.82, 2.24) is 10.3 Å². The van der Waals surface area contributed by atoms with E-state index in [4.69, 9.17) is 16.3 Å². The highest BCUT2D eigenvalue weighted by Crippen LogP contribution is 2.28. The second-order valence-corrected chi connectivity index (χ2v) is 6.41. The topological polar surface area (TPSA) is 51.2 Å². The van der Waals surface area contributed by atoms with Gasteiger partial charge in [0.15, 0.2) is 0 Å². The molecule has 0 radical (unpaired) electrons. The Labute approximate surface area is 131 Å². The molecule has 1 aliphatic heterocycles. The van der Waals surface area contributed by atoms with Gasteiger partial charge in [0.25, 0.3) is 5.91 Å². The van der Waals surface area contributed by atoms with E-state index in [1.165, 1.54) is 0 Å². The van der Waals surface area contributed by atoms with E-state index < -0.39 is 0 Å². The molecule has 1 aromatic rings. The lowest BCUT2D eigenvalue weighted by Crippen LogP contribution is -2.39. The summed E-state index contributed by atoms with van der Waals surface area (Å²) >= 11 is 6.00. The molecule has 0 aliphatic carbocycles. The first-order valence-corrected chi connectivity index (χ1v) is 7.93. The highest BCUT2D eigenvalue weighted by molar-refractivity contribution is 6.29. The first-order valence-electron chi connectivity index (χ1n) is 7.55. The second-order valence-electron chi connectivity index (χ2n) is 6.03. The zero-order chi connectivity index (χ0) is 15.3. The van der Waals surface area contributed by atoms with Gasteiger partial charge in [-0.3, -0.25) is 4.79 Å². The second kappa shape index (κ2) is 7.23. The Morgan fingerprint density at radius 3 is 2.81 bits per heavy atom. The van der Waals surface area contributed by atoms with Crippen LogP contribution in [0.2, 0.25) is 5.15 Å². The minimum absolute atomic E-state index is 0.0793. The van der Waals surface area contributed by atoms with Gasteiger partial charge in [0.05, 0.1) is 0 Å². The van der Waals surface area contributed by atoms with Gasteiger partial charge in [-0.15, -0.1) is 0 Å². The van der Waals surface area contributed by atoms with E-state index in [-0.39, 0.29) is 11.3 Å². The normalized spacial score (nSPS) is 17.5. The maximum Gasteiger partial charge on any atom is 0.251 e. The van der Waals surface area contributed by atoms with Crippen molar-refractivity contribution < 1.29 is 9.53 Å². The van der Waals surface area contributed by atoms with Crippen LogP contribution in [-0.2, 0) is 11.2 Å². The van der Waals surface area contributed by atoms with E-state index in [0.717, 1.165) is 44.6 Å². The van der Waals surface area contributed by atoms with Gasteiger partial charge in [0.2, 0.25) is 0 Å². The minimum Gasteiger partial charge on any atom is -0.381 e. The molecular weight excluding hydrogens is 288 g/mol. The molecule has 1 amide bonds. The van der Waals surface area contributed by atoms with Crippen LogP contribution in [0.3, 0.4) is 0 Å². The molecular formula is C16H23ClN2O2. The molecule has 0 spiro atoms. The Balaban J connectivity index is 1.99. The van der Waals surface area contributed by atoms with Crippen LogP contribution in [0.5, 0.6) is 0 Å². The molecule has 0 bridgehead atoms. The minimum atomic E-state index is -0.0793. The Hall–Kier alpha value is -1.13. The monoisotopic (exact) mass is 310 g/mol. The molecule has 1 aliphatic rings. The van der Waals surface area contributed by atoms with Gasteiger partial charge in [-0.1, -0.05) is 31.9 Å². The van der Waals surface area contributed by atoms with Crippen molar-refractivity contribution in [1.29, 1.82) is 0 Å². The quantitative estimate of drug-likeness (QED) is 0.849. The van der Waals surface area contributed by atoms with Gasteiger partial charge >= 0.3 is 0 Å². The van der Waals surface area contributed by atoms with Crippen molar-refractivity contribution in [3.8, 4) is 0 Å². The van der Waals surface area contributed by atoms with Crippen LogP contribution >= 0.6 is 11.6 Å². The van der Waals surface area contributed by atoms with Gasteiger partial charge in [-0.05, 0) is 36.8 Å². The molecule has 4 nitrogen and oxygen atoms in total. The third kappa shape index (κ3) is 4.68. The highest BCUT2D eigenvalue weighted by Gasteiger charge is 2.27. The molecule has 5 heteroatoms. The first-order chi connectivity index (χ1) is 10.0. The predicted molar refractivity (Wildman–Crippen MR) is 83.7 cm³/mol. The van der Waals surface area contributed by atoms with Gasteiger partial charge in [-0.25, -0.2) is 4.98 Å². The zero-order valence-corrected chi connectivity index (χ0v) is 13.5. The average Bonchev–Trinajstić information content (AvgIpc) is 2.45. The highest BCUT2D eigenvalue weighted by atomic mass is 35.5. The maximum absolute atomic E-state index is 12.3. The number of hydrogen-bond acceptors (Lipinski definition) is 3. The van der Waals surface area contributed by atoms with Crippen molar-refractivity contribution in [2.75, 3.05) is 19.8 Å². The van der Waals surface area contributed by atoms with Crippen LogP contribution in [0.15, 0.2) is 12.1 Å². The van der Waals surface area contributed by atoms with E-state index in [2.05, 4.69) is 24.1 Å². The SMILES string of the molecule is CCCc1cc(C(=O)NCC2(C)CCOCC2)cc(Cl)n1. The third-order valence-electron chi connectivity index (χ3n) is 3.99. The maximum atomic E-state index is 12.3. The van der Waals surface area contributed by atoms with E-state index in [1.807, 2.05) is 6.07 Å². The van der Waals surface area contributed by atoms with Crippen molar-refractivity contribution in [2.24, 2.45) is 5.41 Å². The number of ether oxygens (including phenoxy) is 1. The van der Waals surface area contributed by atoms with Crippen molar-refractivity contribution in [2.45, 2.75) is 39.5 Å². The number of nitrogens with one attached hydrogen (secondary N) is 1. The van der Waals surface area contributed by atoms with Crippen LogP contribution in [0.25, 0.3) is 0 Å². The van der Waals surface area contributed by atoms with Crippen molar-refractivity contribution in [3.63, 3.8) is 0 Å². The summed E-state index contributed by atoms with van der Waals surface area (Å²) in [5.41, 5.74) is 1.58. The standard InChI is InChI=1S/C16H23ClN2O2/c1-3-4-13-9-12(10-14(17)19-13)15(20)18-11-16(2)5-7-21-8-6-16/h9-10H,3-8,11H2,1-2H3,(H,18,20). The summed E-state index contributed by atoms with van der Waals surface area (Å²) in [5.74, 6) is -0.0793. The van der Waals surface area contributed by atoms with Crippen LogP contribution < -0.4 is 5.32 Å². The lowest BCUT2D eigenvalue weighted by atomic mass is 9.82. The molecule has 2 heterocycles. The van der Waals surface area contributed by atoms with Crippen LogP contribution in [0.4, 0.5) is 0 Å². The third-order valence-corrected chi connectivity index (χ3v) is 4.18. The summed E-state index contributed by atoms with van der Waals surface area (Å²) in [6.45, 7) is 6.48. The average molecular weight is 311 g/mol. The van der Waals surface area contributed by atoms with E-state index in [0.29, 0.717) is 17.3 Å². The number of aryl methyl sites for hydroxylation is 1. The number of pyridine rings is 1. The van der Waals surface area contributed by atoms with Crippen LogP contribution in [0, 0.1) is 5.41 Å². The molecule has 0 saturated carbocycles. The summed E-state index contributed by atoms with van der Waals surface area (Å²) in [4.78, 5) is 16.5. The van der Waals surface area contributed by atoms with Gasteiger partial charge in [0, 0.05) is 31.0 Å². The number of aromatic nitrogens is 1. The van der Waals surface area contributed by atoms with Gasteiger partial charge in [0.1, 0.15) is 5.15 Å². The van der Waals surface area contributed by atoms with Crippen molar-refractivity contribution in [3.05, 3.63) is 28.5 Å². The largest absolute Gasteiger partial charge is 0.381 e. The Morgan fingerprint density at radius 2 is 2.14 bits per heavy atom. The lowest BCUT2D eigenvalue weighted by Gasteiger charge is -2.33. The fraction of sp³-hybridized carbons (Fsp3) is 0.625. The molecule has 116 valence electrons. The number of carbonyl (C=O) groups is 1. The van der Waals surface area contributed by atoms with Crippen LogP contribution in [0.1, 0.15) is 49.2 Å². The molecule has 1 aromatic heterocycles. The summed E-state index contributed by atoms with van der Waals surface area (Å²) in [6.07, 6.45) is 3.76. The molecule has 1 N–H and O–H groups in total. The fourth-order valence-corrected chi connectivity index (χ4v) is 2.73. The van der Waals surface area contributed by atoms with Gasteiger partial charge < -0.3 is 10.1 Å². The molecule has 1 fully saturated rings. The summed E-state index contributed by atoms with van der Waals surface area (Å²) in [7, 11) is 0. The van der Waals surface area contributed by atoms with Crippen LogP contribution in [-0.4, -0.2) is 30.6 Å². The Bertz CT molecular complexity index is 499. The van der Waals surface area contributed by atoms with Gasteiger partial charge in [-0.2, -0.15) is 0 Å². The number of nitrogens with zero attached hydrogens (tertiary/aromatic N) is 1.